The molecule has 2 rings (SSSR count). The van der Waals surface area contributed by atoms with Crippen LogP contribution in [0.4, 0.5) is 0 Å². The van der Waals surface area contributed by atoms with E-state index in [1.807, 2.05) is 0 Å². The highest BCUT2D eigenvalue weighted by molar-refractivity contribution is 5.12. The third-order valence-corrected chi connectivity index (χ3v) is 5.16. The van der Waals surface area contributed by atoms with E-state index in [0.717, 1.165) is 19.8 Å². The Bertz CT molecular complexity index is 276. The van der Waals surface area contributed by atoms with Crippen molar-refractivity contribution >= 4 is 0 Å². The molecule has 0 aromatic heterocycles. The summed E-state index contributed by atoms with van der Waals surface area (Å²) in [6.07, 6.45) is 5.75. The Labute approximate surface area is 118 Å². The maximum atomic E-state index is 5.92. The zero-order chi connectivity index (χ0) is 13.9. The van der Waals surface area contributed by atoms with Gasteiger partial charge >= 0.3 is 0 Å². The predicted molar refractivity (Wildman–Crippen MR) is 78.4 cm³/mol. The molecular formula is C16H31NO2. The van der Waals surface area contributed by atoms with Crippen LogP contribution in [0.15, 0.2) is 0 Å². The van der Waals surface area contributed by atoms with Crippen LogP contribution in [0.25, 0.3) is 0 Å². The molecule has 1 N–H and O–H groups in total. The normalized spacial score (nSPS) is 30.2. The van der Waals surface area contributed by atoms with Crippen molar-refractivity contribution in [2.24, 2.45) is 11.3 Å². The Balaban J connectivity index is 1.88. The number of nitrogens with one attached hydrogen (secondary N) is 1. The van der Waals surface area contributed by atoms with Crippen molar-refractivity contribution in [3.63, 3.8) is 0 Å². The van der Waals surface area contributed by atoms with Gasteiger partial charge in [-0.05, 0) is 39.0 Å². The Kier molecular flexibility index (Phi) is 5.27. The molecule has 2 aliphatic rings. The summed E-state index contributed by atoms with van der Waals surface area (Å²) in [5.74, 6) is 0.620. The van der Waals surface area contributed by atoms with E-state index in [-0.39, 0.29) is 0 Å². The number of hydrogen-bond acceptors (Lipinski definition) is 3. The van der Waals surface area contributed by atoms with Crippen LogP contribution < -0.4 is 5.32 Å². The summed E-state index contributed by atoms with van der Waals surface area (Å²) in [5.41, 5.74) is 0.454. The van der Waals surface area contributed by atoms with Gasteiger partial charge in [0.15, 0.2) is 0 Å². The third kappa shape index (κ3) is 2.98. The summed E-state index contributed by atoms with van der Waals surface area (Å²) in [7, 11) is 0. The van der Waals surface area contributed by atoms with Crippen LogP contribution in [0, 0.1) is 11.3 Å². The first-order chi connectivity index (χ1) is 9.14. The molecule has 2 saturated carbocycles. The van der Waals surface area contributed by atoms with Gasteiger partial charge in [0.25, 0.3) is 0 Å². The first-order valence-corrected chi connectivity index (χ1v) is 8.09. The Hall–Kier alpha value is -0.120. The van der Waals surface area contributed by atoms with Gasteiger partial charge in [0.1, 0.15) is 0 Å². The second-order valence-electron chi connectivity index (χ2n) is 6.50. The second-order valence-corrected chi connectivity index (χ2v) is 6.50. The molecule has 3 atom stereocenters. The van der Waals surface area contributed by atoms with E-state index in [1.54, 1.807) is 0 Å². The first-order valence-electron chi connectivity index (χ1n) is 8.09. The molecule has 0 amide bonds. The van der Waals surface area contributed by atoms with Gasteiger partial charge in [-0.25, -0.2) is 0 Å². The van der Waals surface area contributed by atoms with Gasteiger partial charge in [0.05, 0.1) is 12.7 Å². The van der Waals surface area contributed by atoms with E-state index in [1.165, 1.54) is 25.7 Å². The largest absolute Gasteiger partial charge is 0.380 e. The van der Waals surface area contributed by atoms with Crippen molar-refractivity contribution in [1.29, 1.82) is 0 Å². The summed E-state index contributed by atoms with van der Waals surface area (Å²) in [5, 5.41) is 3.86. The first kappa shape index (κ1) is 15.3. The molecule has 0 radical (unpaired) electrons. The van der Waals surface area contributed by atoms with Gasteiger partial charge < -0.3 is 14.8 Å². The monoisotopic (exact) mass is 269 g/mol. The van der Waals surface area contributed by atoms with Gasteiger partial charge in [-0.1, -0.05) is 20.3 Å². The SMILES string of the molecule is CCOCC(NC1CC(OCC)C12CCC2)C(C)C. The van der Waals surface area contributed by atoms with Crippen LogP contribution in [0.5, 0.6) is 0 Å². The summed E-state index contributed by atoms with van der Waals surface area (Å²) < 4.78 is 11.5. The molecular weight excluding hydrogens is 238 g/mol. The van der Waals surface area contributed by atoms with E-state index in [9.17, 15) is 0 Å². The summed E-state index contributed by atoms with van der Waals surface area (Å²) in [4.78, 5) is 0. The molecule has 112 valence electrons. The highest BCUT2D eigenvalue weighted by Crippen LogP contribution is 2.57. The quantitative estimate of drug-likeness (QED) is 0.735. The van der Waals surface area contributed by atoms with Gasteiger partial charge in [0, 0.05) is 30.7 Å². The van der Waals surface area contributed by atoms with Crippen molar-refractivity contribution < 1.29 is 9.47 Å². The number of rotatable bonds is 8. The zero-order valence-electron chi connectivity index (χ0n) is 13.1. The molecule has 0 saturated heterocycles. The van der Waals surface area contributed by atoms with E-state index >= 15 is 0 Å². The van der Waals surface area contributed by atoms with Gasteiger partial charge in [-0.3, -0.25) is 0 Å². The molecule has 19 heavy (non-hydrogen) atoms. The molecule has 0 aromatic carbocycles. The minimum Gasteiger partial charge on any atom is -0.380 e. The van der Waals surface area contributed by atoms with Crippen LogP contribution in [-0.4, -0.2) is 38.0 Å². The van der Waals surface area contributed by atoms with Crippen molar-refractivity contribution in [1.82, 2.24) is 5.32 Å². The standard InChI is InChI=1S/C16H31NO2/c1-5-18-11-13(12(3)4)17-14-10-15(19-6-2)16(14)8-7-9-16/h12-15,17H,5-11H2,1-4H3. The smallest absolute Gasteiger partial charge is 0.0661 e. The molecule has 0 aromatic rings. The minimum absolute atomic E-state index is 0.454. The minimum atomic E-state index is 0.454. The van der Waals surface area contributed by atoms with E-state index in [4.69, 9.17) is 9.47 Å². The lowest BCUT2D eigenvalue weighted by molar-refractivity contribution is -0.176. The van der Waals surface area contributed by atoms with Crippen molar-refractivity contribution in [3.05, 3.63) is 0 Å². The summed E-state index contributed by atoms with van der Waals surface area (Å²) in [6.45, 7) is 11.2. The lowest BCUT2D eigenvalue weighted by atomic mass is 9.51. The van der Waals surface area contributed by atoms with Gasteiger partial charge in [-0.15, -0.1) is 0 Å². The summed E-state index contributed by atoms with van der Waals surface area (Å²) in [6, 6.07) is 1.12. The fourth-order valence-electron chi connectivity index (χ4n) is 3.61. The molecule has 2 fully saturated rings. The lowest BCUT2D eigenvalue weighted by Gasteiger charge is -2.62. The molecule has 3 nitrogen and oxygen atoms in total. The van der Waals surface area contributed by atoms with Crippen molar-refractivity contribution in [2.75, 3.05) is 19.8 Å². The summed E-state index contributed by atoms with van der Waals surface area (Å²) >= 11 is 0. The van der Waals surface area contributed by atoms with Gasteiger partial charge in [-0.2, -0.15) is 0 Å². The third-order valence-electron chi connectivity index (χ3n) is 5.16. The van der Waals surface area contributed by atoms with Gasteiger partial charge in [0.2, 0.25) is 0 Å². The Morgan fingerprint density at radius 1 is 1.21 bits per heavy atom. The molecule has 0 heterocycles. The molecule has 2 aliphatic carbocycles. The fourth-order valence-corrected chi connectivity index (χ4v) is 3.61. The lowest BCUT2D eigenvalue weighted by Crippen LogP contribution is -2.69. The number of ether oxygens (including phenoxy) is 2. The van der Waals surface area contributed by atoms with Crippen LogP contribution in [0.3, 0.4) is 0 Å². The maximum absolute atomic E-state index is 5.92. The Morgan fingerprint density at radius 3 is 2.42 bits per heavy atom. The average Bonchev–Trinajstić information content (AvgIpc) is 2.29. The molecule has 3 heteroatoms. The fraction of sp³-hybridized carbons (Fsp3) is 1.00. The highest BCUT2D eigenvalue weighted by Gasteiger charge is 2.59. The topological polar surface area (TPSA) is 30.5 Å². The van der Waals surface area contributed by atoms with E-state index < -0.39 is 0 Å². The molecule has 1 spiro atoms. The Morgan fingerprint density at radius 2 is 1.95 bits per heavy atom. The van der Waals surface area contributed by atoms with Crippen molar-refractivity contribution in [3.8, 4) is 0 Å². The highest BCUT2D eigenvalue weighted by atomic mass is 16.5. The molecule has 0 aliphatic heterocycles. The zero-order valence-corrected chi connectivity index (χ0v) is 13.1. The van der Waals surface area contributed by atoms with Crippen LogP contribution in [0.2, 0.25) is 0 Å². The van der Waals surface area contributed by atoms with E-state index in [2.05, 4.69) is 33.0 Å². The van der Waals surface area contributed by atoms with Crippen LogP contribution >= 0.6 is 0 Å². The van der Waals surface area contributed by atoms with Crippen LogP contribution in [-0.2, 0) is 9.47 Å². The molecule has 3 unspecified atom stereocenters. The molecule has 0 bridgehead atoms. The van der Waals surface area contributed by atoms with Crippen molar-refractivity contribution in [2.45, 2.75) is 71.6 Å². The predicted octanol–water partition coefficient (Wildman–Crippen LogP) is 2.98. The second kappa shape index (κ2) is 6.55. The average molecular weight is 269 g/mol. The van der Waals surface area contributed by atoms with Crippen LogP contribution in [0.1, 0.15) is 53.4 Å². The van der Waals surface area contributed by atoms with E-state index in [0.29, 0.717) is 29.5 Å². The maximum Gasteiger partial charge on any atom is 0.0661 e. The number of hydrogen-bond donors (Lipinski definition) is 1.